The molecule has 0 aliphatic rings. The monoisotopic (exact) mass is 165 g/mol. The normalized spacial score (nSPS) is 9.86. The lowest BCUT2D eigenvalue weighted by Crippen LogP contribution is -1.98. The van der Waals surface area contributed by atoms with Crippen LogP contribution in [0.3, 0.4) is 0 Å². The number of carbonyl (C=O) groups is 1. The molecule has 0 fully saturated rings. The quantitative estimate of drug-likeness (QED) is 0.279. The van der Waals surface area contributed by atoms with Crippen LogP contribution in [0.25, 0.3) is 0 Å². The number of ketones is 1. The third kappa shape index (κ3) is 3.45. The lowest BCUT2D eigenvalue weighted by atomic mass is 10.5. The van der Waals surface area contributed by atoms with Crippen molar-refractivity contribution in [3.05, 3.63) is 0 Å². The summed E-state index contributed by atoms with van der Waals surface area (Å²) in [5.74, 6) is -0.248. The molecule has 1 N–H and O–H groups in total. The standard InChI is InChI=1S/C3H4BrNO2/c4-1-3(6)2-5-7/h2,7H,1H2. The molecular weight excluding hydrogens is 162 g/mol. The number of Topliss-reactive ketones (excluding diaryl/α,β-unsaturated/α-hetero) is 1. The molecule has 0 radical (unpaired) electrons. The lowest BCUT2D eigenvalue weighted by molar-refractivity contribution is -0.110. The molecule has 0 aliphatic heterocycles. The van der Waals surface area contributed by atoms with Crippen molar-refractivity contribution in [3.63, 3.8) is 0 Å². The molecule has 0 aromatic rings. The van der Waals surface area contributed by atoms with E-state index in [1.807, 2.05) is 0 Å². The molecule has 0 saturated carbocycles. The predicted molar refractivity (Wildman–Crippen MR) is 29.1 cm³/mol. The van der Waals surface area contributed by atoms with Crippen molar-refractivity contribution in [3.8, 4) is 0 Å². The van der Waals surface area contributed by atoms with Crippen molar-refractivity contribution >= 4 is 27.9 Å². The number of rotatable bonds is 2. The molecular formula is C3H4BrNO2. The summed E-state index contributed by atoms with van der Waals surface area (Å²) in [5, 5.41) is 10.4. The van der Waals surface area contributed by atoms with E-state index < -0.39 is 0 Å². The van der Waals surface area contributed by atoms with Gasteiger partial charge in [-0.25, -0.2) is 0 Å². The van der Waals surface area contributed by atoms with E-state index in [2.05, 4.69) is 21.1 Å². The fourth-order valence-corrected chi connectivity index (χ4v) is 0.244. The van der Waals surface area contributed by atoms with Gasteiger partial charge in [-0.05, 0) is 0 Å². The Hall–Kier alpha value is -0.380. The zero-order valence-electron chi connectivity index (χ0n) is 3.47. The van der Waals surface area contributed by atoms with Crippen LogP contribution >= 0.6 is 15.9 Å². The van der Waals surface area contributed by atoms with E-state index in [0.717, 1.165) is 6.21 Å². The van der Waals surface area contributed by atoms with E-state index in [1.165, 1.54) is 0 Å². The van der Waals surface area contributed by atoms with Crippen LogP contribution in [0, 0.1) is 0 Å². The van der Waals surface area contributed by atoms with Crippen molar-refractivity contribution in [1.82, 2.24) is 0 Å². The van der Waals surface area contributed by atoms with Crippen LogP contribution < -0.4 is 0 Å². The lowest BCUT2D eigenvalue weighted by Gasteiger charge is -1.75. The Labute approximate surface area is 49.1 Å². The van der Waals surface area contributed by atoms with E-state index in [0.29, 0.717) is 0 Å². The van der Waals surface area contributed by atoms with Gasteiger partial charge in [0.25, 0.3) is 0 Å². The number of hydrogen-bond donors (Lipinski definition) is 1. The molecule has 0 bridgehead atoms. The van der Waals surface area contributed by atoms with Gasteiger partial charge >= 0.3 is 0 Å². The van der Waals surface area contributed by atoms with Crippen LogP contribution in [0.1, 0.15) is 0 Å². The molecule has 7 heavy (non-hydrogen) atoms. The molecule has 0 aliphatic carbocycles. The summed E-state index contributed by atoms with van der Waals surface area (Å²) < 4.78 is 0. The molecule has 0 aromatic carbocycles. The van der Waals surface area contributed by atoms with E-state index >= 15 is 0 Å². The van der Waals surface area contributed by atoms with Gasteiger partial charge in [0.05, 0.1) is 5.33 Å². The molecule has 3 nitrogen and oxygen atoms in total. The van der Waals surface area contributed by atoms with Crippen molar-refractivity contribution in [2.75, 3.05) is 5.33 Å². The second-order valence-corrected chi connectivity index (χ2v) is 1.41. The Morgan fingerprint density at radius 3 is 2.71 bits per heavy atom. The summed E-state index contributed by atoms with van der Waals surface area (Å²) in [7, 11) is 0. The molecule has 0 atom stereocenters. The summed E-state index contributed by atoms with van der Waals surface area (Å²) >= 11 is 2.86. The minimum atomic E-state index is -0.248. The molecule has 0 amide bonds. The first-order valence-electron chi connectivity index (χ1n) is 1.57. The van der Waals surface area contributed by atoms with E-state index in [4.69, 9.17) is 5.21 Å². The van der Waals surface area contributed by atoms with Crippen LogP contribution in [0.4, 0.5) is 0 Å². The number of oxime groups is 1. The maximum atomic E-state index is 10.1. The molecule has 0 heterocycles. The number of hydrogen-bond acceptors (Lipinski definition) is 3. The maximum Gasteiger partial charge on any atom is 0.187 e. The Bertz CT molecular complexity index is 90.9. The average Bonchev–Trinajstić information content (AvgIpc) is 1.68. The molecule has 0 aromatic heterocycles. The predicted octanol–water partition coefficient (Wildman–Crippen LogP) is 0.410. The third-order valence-electron chi connectivity index (χ3n) is 0.333. The minimum Gasteiger partial charge on any atom is -0.411 e. The first-order chi connectivity index (χ1) is 3.31. The van der Waals surface area contributed by atoms with Crippen LogP contribution in [0.5, 0.6) is 0 Å². The van der Waals surface area contributed by atoms with Crippen LogP contribution in [0.2, 0.25) is 0 Å². The fourth-order valence-electron chi connectivity index (χ4n) is 0.0989. The fraction of sp³-hybridized carbons (Fsp3) is 0.333. The zero-order chi connectivity index (χ0) is 5.70. The summed E-state index contributed by atoms with van der Waals surface area (Å²) in [6.07, 6.45) is 0.842. The topological polar surface area (TPSA) is 49.7 Å². The van der Waals surface area contributed by atoms with Gasteiger partial charge in [-0.1, -0.05) is 21.1 Å². The van der Waals surface area contributed by atoms with Crippen LogP contribution in [0.15, 0.2) is 5.16 Å². The van der Waals surface area contributed by atoms with E-state index in [-0.39, 0.29) is 11.1 Å². The number of nitrogens with zero attached hydrogens (tertiary/aromatic N) is 1. The van der Waals surface area contributed by atoms with Crippen molar-refractivity contribution < 1.29 is 10.0 Å². The van der Waals surface area contributed by atoms with Gasteiger partial charge in [0, 0.05) is 0 Å². The Morgan fingerprint density at radius 1 is 2.00 bits per heavy atom. The van der Waals surface area contributed by atoms with Crippen molar-refractivity contribution in [2.45, 2.75) is 0 Å². The van der Waals surface area contributed by atoms with Crippen LogP contribution in [-0.4, -0.2) is 22.5 Å². The van der Waals surface area contributed by atoms with Gasteiger partial charge in [-0.15, -0.1) is 0 Å². The smallest absolute Gasteiger partial charge is 0.187 e. The minimum absolute atomic E-state index is 0.205. The summed E-state index contributed by atoms with van der Waals surface area (Å²) in [6.45, 7) is 0. The highest BCUT2D eigenvalue weighted by molar-refractivity contribution is 9.09. The largest absolute Gasteiger partial charge is 0.411 e. The van der Waals surface area contributed by atoms with Gasteiger partial charge in [0.2, 0.25) is 0 Å². The van der Waals surface area contributed by atoms with Crippen LogP contribution in [-0.2, 0) is 4.79 Å². The van der Waals surface area contributed by atoms with E-state index in [9.17, 15) is 4.79 Å². The molecule has 4 heteroatoms. The SMILES string of the molecule is O=C(C=NO)CBr. The van der Waals surface area contributed by atoms with Gasteiger partial charge in [0.15, 0.2) is 5.78 Å². The Morgan fingerprint density at radius 2 is 2.57 bits per heavy atom. The highest BCUT2D eigenvalue weighted by Gasteiger charge is 1.88. The maximum absolute atomic E-state index is 10.1. The zero-order valence-corrected chi connectivity index (χ0v) is 5.05. The number of alkyl halides is 1. The summed E-state index contributed by atoms with van der Waals surface area (Å²) in [5.41, 5.74) is 0. The first-order valence-corrected chi connectivity index (χ1v) is 2.69. The molecule has 0 spiro atoms. The van der Waals surface area contributed by atoms with Gasteiger partial charge in [-0.3, -0.25) is 4.79 Å². The number of carbonyl (C=O) groups excluding carboxylic acids is 1. The van der Waals surface area contributed by atoms with Gasteiger partial charge < -0.3 is 5.21 Å². The summed E-state index contributed by atoms with van der Waals surface area (Å²) in [6, 6.07) is 0. The molecule has 0 saturated heterocycles. The average molecular weight is 166 g/mol. The summed E-state index contributed by atoms with van der Waals surface area (Å²) in [4.78, 5) is 10.1. The van der Waals surface area contributed by atoms with E-state index in [1.54, 1.807) is 0 Å². The highest BCUT2D eigenvalue weighted by Crippen LogP contribution is 1.76. The van der Waals surface area contributed by atoms with Crippen molar-refractivity contribution in [1.29, 1.82) is 0 Å². The van der Waals surface area contributed by atoms with Gasteiger partial charge in [-0.2, -0.15) is 0 Å². The number of halogens is 1. The Balaban J connectivity index is 3.37. The second kappa shape index (κ2) is 3.80. The molecule has 0 unspecified atom stereocenters. The van der Waals surface area contributed by atoms with Crippen molar-refractivity contribution in [2.24, 2.45) is 5.16 Å². The highest BCUT2D eigenvalue weighted by atomic mass is 79.9. The van der Waals surface area contributed by atoms with Gasteiger partial charge in [0.1, 0.15) is 6.21 Å². The first kappa shape index (κ1) is 6.62. The Kier molecular flexibility index (Phi) is 3.59. The molecule has 0 rings (SSSR count). The molecule has 40 valence electrons. The second-order valence-electron chi connectivity index (χ2n) is 0.845. The third-order valence-corrected chi connectivity index (χ3v) is 0.886.